The molecule has 0 heterocycles. The minimum absolute atomic E-state index is 0.0127. The highest BCUT2D eigenvalue weighted by atomic mass is 16.5. The zero-order valence-corrected chi connectivity index (χ0v) is 28.5. The number of carboxylic acid groups (broad SMARTS) is 1. The van der Waals surface area contributed by atoms with Crippen LogP contribution in [0, 0.1) is 50.2 Å². The van der Waals surface area contributed by atoms with Crippen LogP contribution in [-0.2, 0) is 19.1 Å². The largest absolute Gasteiger partial charge is 0.481 e. The molecule has 1 aromatic rings. The van der Waals surface area contributed by atoms with Crippen molar-refractivity contribution in [1.82, 2.24) is 0 Å². The van der Waals surface area contributed by atoms with E-state index in [1.807, 2.05) is 18.2 Å². The van der Waals surface area contributed by atoms with E-state index in [1.54, 1.807) is 12.1 Å². The molecule has 246 valence electrons. The van der Waals surface area contributed by atoms with Crippen LogP contribution in [0.15, 0.2) is 42.0 Å². The maximum atomic E-state index is 13.5. The van der Waals surface area contributed by atoms with E-state index in [0.29, 0.717) is 30.2 Å². The number of hydrogen-bond donors (Lipinski definition) is 1. The fourth-order valence-corrected chi connectivity index (χ4v) is 12.0. The third-order valence-corrected chi connectivity index (χ3v) is 14.4. The van der Waals surface area contributed by atoms with Crippen LogP contribution in [0.5, 0.6) is 0 Å². The van der Waals surface area contributed by atoms with Crippen molar-refractivity contribution in [1.29, 1.82) is 0 Å². The normalized spacial score (nSPS) is 41.2. The lowest BCUT2D eigenvalue weighted by atomic mass is 9.33. The summed E-state index contributed by atoms with van der Waals surface area (Å²) in [5, 5.41) is 10.8. The molecule has 6 nitrogen and oxygen atoms in total. The van der Waals surface area contributed by atoms with E-state index in [2.05, 4.69) is 47.6 Å². The van der Waals surface area contributed by atoms with Gasteiger partial charge in [-0.2, -0.15) is 0 Å². The molecule has 6 rings (SSSR count). The molecule has 0 aliphatic heterocycles. The minimum atomic E-state index is -0.761. The third-order valence-electron chi connectivity index (χ3n) is 14.4. The molecule has 0 spiro atoms. The Hall–Kier alpha value is -2.63. The summed E-state index contributed by atoms with van der Waals surface area (Å²) in [5.74, 6) is -0.516. The molecule has 0 amide bonds. The number of fused-ring (bicyclic) bond motifs is 7. The van der Waals surface area contributed by atoms with Crippen LogP contribution in [-0.4, -0.2) is 35.7 Å². The highest BCUT2D eigenvalue weighted by molar-refractivity contribution is 5.89. The summed E-state index contributed by atoms with van der Waals surface area (Å²) in [6.45, 7) is 15.9. The molecule has 1 aromatic carbocycles. The van der Waals surface area contributed by atoms with Gasteiger partial charge in [0.15, 0.2) is 0 Å². The molecule has 6 heteroatoms. The van der Waals surface area contributed by atoms with Gasteiger partial charge in [0, 0.05) is 17.8 Å². The molecule has 5 aliphatic rings. The monoisotopic (exact) mass is 618 g/mol. The van der Waals surface area contributed by atoms with Crippen LogP contribution in [0.3, 0.4) is 0 Å². The summed E-state index contributed by atoms with van der Waals surface area (Å²) in [6, 6.07) is 9.23. The smallest absolute Gasteiger partial charge is 0.338 e. The van der Waals surface area contributed by atoms with Gasteiger partial charge in [0.1, 0.15) is 12.7 Å². The van der Waals surface area contributed by atoms with Crippen molar-refractivity contribution in [2.75, 3.05) is 6.61 Å². The Balaban J connectivity index is 1.45. The average molecular weight is 619 g/mol. The van der Waals surface area contributed by atoms with E-state index < -0.39 is 16.8 Å². The van der Waals surface area contributed by atoms with Crippen LogP contribution in [0.2, 0.25) is 0 Å². The van der Waals surface area contributed by atoms with E-state index in [1.165, 1.54) is 12.5 Å². The van der Waals surface area contributed by atoms with Crippen molar-refractivity contribution >= 4 is 17.9 Å². The van der Waals surface area contributed by atoms with Crippen molar-refractivity contribution in [2.24, 2.45) is 50.2 Å². The van der Waals surface area contributed by atoms with Gasteiger partial charge in [0.05, 0.1) is 11.0 Å². The SMILES string of the molecule is CC(=O)OC1CCC2(C)C(CCC3(C)C2CC=C2C4CC(C)(C)CCC4(C(=O)O)CCC23COC(=O)c2ccccc2)C1(C)C. The van der Waals surface area contributed by atoms with Gasteiger partial charge < -0.3 is 14.6 Å². The first-order valence-electron chi connectivity index (χ1n) is 17.4. The van der Waals surface area contributed by atoms with Gasteiger partial charge in [0.25, 0.3) is 0 Å². The van der Waals surface area contributed by atoms with E-state index in [-0.39, 0.29) is 52.2 Å². The van der Waals surface area contributed by atoms with E-state index in [9.17, 15) is 19.5 Å². The van der Waals surface area contributed by atoms with Crippen molar-refractivity contribution < 1.29 is 29.0 Å². The summed E-state index contributed by atoms with van der Waals surface area (Å²) < 4.78 is 12.3. The molecule has 8 atom stereocenters. The molecule has 0 bridgehead atoms. The number of esters is 2. The Morgan fingerprint density at radius 2 is 1.56 bits per heavy atom. The maximum absolute atomic E-state index is 13.5. The molecule has 4 fully saturated rings. The van der Waals surface area contributed by atoms with Gasteiger partial charge in [-0.15, -0.1) is 0 Å². The maximum Gasteiger partial charge on any atom is 0.338 e. The topological polar surface area (TPSA) is 89.9 Å². The van der Waals surface area contributed by atoms with Crippen molar-refractivity contribution in [3.8, 4) is 0 Å². The van der Waals surface area contributed by atoms with Crippen LogP contribution in [0.1, 0.15) is 123 Å². The Morgan fingerprint density at radius 1 is 0.867 bits per heavy atom. The Bertz CT molecular complexity index is 1390. The quantitative estimate of drug-likeness (QED) is 0.262. The molecule has 0 radical (unpaired) electrons. The zero-order valence-electron chi connectivity index (χ0n) is 28.5. The Morgan fingerprint density at radius 3 is 2.22 bits per heavy atom. The summed E-state index contributed by atoms with van der Waals surface area (Å²) >= 11 is 0. The molecule has 0 aromatic heterocycles. The predicted octanol–water partition coefficient (Wildman–Crippen LogP) is 8.64. The molecular weight excluding hydrogens is 564 g/mol. The highest BCUT2D eigenvalue weighted by Gasteiger charge is 2.71. The predicted molar refractivity (Wildman–Crippen MR) is 173 cm³/mol. The van der Waals surface area contributed by atoms with Gasteiger partial charge in [-0.1, -0.05) is 71.4 Å². The average Bonchev–Trinajstić information content (AvgIpc) is 2.97. The van der Waals surface area contributed by atoms with Crippen molar-refractivity contribution in [3.63, 3.8) is 0 Å². The summed E-state index contributed by atoms with van der Waals surface area (Å²) in [4.78, 5) is 38.8. The molecule has 0 saturated heterocycles. The van der Waals surface area contributed by atoms with Gasteiger partial charge in [0.2, 0.25) is 0 Å². The van der Waals surface area contributed by atoms with Gasteiger partial charge in [-0.05, 0) is 110 Å². The van der Waals surface area contributed by atoms with Crippen LogP contribution in [0.4, 0.5) is 0 Å². The first-order valence-corrected chi connectivity index (χ1v) is 17.4. The lowest BCUT2D eigenvalue weighted by molar-refractivity contribution is -0.220. The Kier molecular flexibility index (Phi) is 7.69. The summed E-state index contributed by atoms with van der Waals surface area (Å²) in [7, 11) is 0. The second-order valence-corrected chi connectivity index (χ2v) is 17.3. The van der Waals surface area contributed by atoms with Crippen molar-refractivity contribution in [2.45, 2.75) is 119 Å². The summed E-state index contributed by atoms with van der Waals surface area (Å²) in [5.41, 5.74) is 0.357. The first kappa shape index (κ1) is 32.3. The number of ether oxygens (including phenoxy) is 2. The second kappa shape index (κ2) is 10.7. The summed E-state index contributed by atoms with van der Waals surface area (Å²) in [6.07, 6.45) is 10.9. The number of carbonyl (C=O) groups excluding carboxylic acids is 2. The van der Waals surface area contributed by atoms with Gasteiger partial charge >= 0.3 is 17.9 Å². The lowest BCUT2D eigenvalue weighted by Crippen LogP contribution is -2.67. The molecule has 45 heavy (non-hydrogen) atoms. The number of hydrogen-bond acceptors (Lipinski definition) is 5. The molecular formula is C39H54O6. The number of carboxylic acids is 1. The fourth-order valence-electron chi connectivity index (χ4n) is 12.0. The third kappa shape index (κ3) is 4.74. The van der Waals surface area contributed by atoms with E-state index in [0.717, 1.165) is 51.4 Å². The highest BCUT2D eigenvalue weighted by Crippen LogP contribution is 2.76. The van der Waals surface area contributed by atoms with E-state index in [4.69, 9.17) is 9.47 Å². The molecule has 8 unspecified atom stereocenters. The zero-order chi connectivity index (χ0) is 32.6. The minimum Gasteiger partial charge on any atom is -0.481 e. The number of carbonyl (C=O) groups is 3. The number of aliphatic carboxylic acids is 1. The first-order chi connectivity index (χ1) is 21.0. The second-order valence-electron chi connectivity index (χ2n) is 17.3. The standard InChI is InChI=1S/C39H54O6/c1-25(40)45-31-16-17-36(6)29(35(31,4)5)15-18-37(7)30(36)14-13-27-28-23-34(2,3)19-20-38(28,33(42)43)21-22-39(27,37)24-44-32(41)26-11-9-8-10-12-26/h8-13,28-31H,14-24H2,1-7H3,(H,42,43). The number of allylic oxidation sites excluding steroid dienone is 1. The van der Waals surface area contributed by atoms with Crippen LogP contribution in [0.25, 0.3) is 0 Å². The van der Waals surface area contributed by atoms with E-state index >= 15 is 0 Å². The molecule has 4 saturated carbocycles. The molecule has 1 N–H and O–H groups in total. The van der Waals surface area contributed by atoms with Crippen LogP contribution >= 0.6 is 0 Å². The Labute approximate surface area is 269 Å². The number of rotatable bonds is 5. The van der Waals surface area contributed by atoms with Crippen LogP contribution < -0.4 is 0 Å². The molecule has 5 aliphatic carbocycles. The van der Waals surface area contributed by atoms with Gasteiger partial charge in [-0.3, -0.25) is 9.59 Å². The van der Waals surface area contributed by atoms with Crippen molar-refractivity contribution in [3.05, 3.63) is 47.5 Å². The fraction of sp³-hybridized carbons (Fsp3) is 0.718. The number of benzene rings is 1. The lowest BCUT2D eigenvalue weighted by Gasteiger charge is -2.71. The van der Waals surface area contributed by atoms with Gasteiger partial charge in [-0.25, -0.2) is 4.79 Å².